The van der Waals surface area contributed by atoms with Gasteiger partial charge in [-0.05, 0) is 142 Å². The van der Waals surface area contributed by atoms with Crippen molar-refractivity contribution in [1.82, 2.24) is 79.7 Å². The number of nitrogens with two attached hydrogens (primary N) is 6. The van der Waals surface area contributed by atoms with Gasteiger partial charge in [0.2, 0.25) is 41.6 Å². The van der Waals surface area contributed by atoms with Crippen molar-refractivity contribution >= 4 is 344 Å². The lowest BCUT2D eigenvalue weighted by molar-refractivity contribution is -0.385. The van der Waals surface area contributed by atoms with Crippen LogP contribution in [0, 0.1) is 49.3 Å². The van der Waals surface area contributed by atoms with Gasteiger partial charge in [0.25, 0.3) is 22.5 Å². The molecule has 0 bridgehead atoms. The molecule has 2 amide bonds. The second-order valence-corrected chi connectivity index (χ2v) is 39.8. The van der Waals surface area contributed by atoms with Gasteiger partial charge in [-0.15, -0.1) is 25.3 Å². The van der Waals surface area contributed by atoms with E-state index in [1.54, 1.807) is 81.1 Å². The zero-order valence-corrected chi connectivity index (χ0v) is 88.1. The maximum absolute atomic E-state index is 12.3. The molecule has 148 heavy (non-hydrogen) atoms. The molecule has 22 N–H and O–H groups in total. The predicted molar refractivity (Wildman–Crippen MR) is 600 cm³/mol. The first kappa shape index (κ1) is 110. The van der Waals surface area contributed by atoms with Crippen molar-refractivity contribution in [3.05, 3.63) is 297 Å². The van der Waals surface area contributed by atoms with Crippen LogP contribution in [0.1, 0.15) is 82.8 Å². The molecule has 0 aliphatic carbocycles. The van der Waals surface area contributed by atoms with Gasteiger partial charge in [0.1, 0.15) is 61.8 Å². The molecular weight excluding hydrogens is 2140 g/mol. The maximum Gasteiger partial charge on any atom is 0.289 e. The number of nitrogens with one attached hydrogen (secondary N) is 10. The summed E-state index contributed by atoms with van der Waals surface area (Å²) < 4.78 is 0. The average molecular weight is 2230 g/mol. The number of fused-ring (bicyclic) bond motifs is 16. The van der Waals surface area contributed by atoms with E-state index in [1.807, 2.05) is 106 Å². The minimum Gasteiger partial charge on any atom is -0.385 e. The Hall–Kier alpha value is -15.2. The highest BCUT2D eigenvalue weighted by molar-refractivity contribution is 7.99. The average Bonchev–Trinajstić information content (AvgIpc) is 1.62. The molecule has 0 saturated carbocycles. The van der Waals surface area contributed by atoms with Gasteiger partial charge in [-0.3, -0.25) is 69.6 Å². The summed E-state index contributed by atoms with van der Waals surface area (Å²) >= 11 is 63.6. The number of halogens is 9. The number of benzene rings is 10. The molecule has 0 fully saturated rings. The van der Waals surface area contributed by atoms with Gasteiger partial charge >= 0.3 is 0 Å². The lowest BCUT2D eigenvalue weighted by atomic mass is 9.95. The van der Waals surface area contributed by atoms with E-state index < -0.39 is 32.4 Å². The fraction of sp³-hybridized carbons (Fsp3) is 0.121. The fourth-order valence-electron chi connectivity index (χ4n) is 14.6. The molecule has 37 nitrogen and oxygen atoms in total. The fourth-order valence-corrected chi connectivity index (χ4v) is 18.1. The van der Waals surface area contributed by atoms with E-state index in [4.69, 9.17) is 144 Å². The third-order valence-corrected chi connectivity index (χ3v) is 26.1. The standard InChI is InChI=1S/C17H15N5S.C15H14Cl2N4O.C15H15ClN4O2.C10H8ClN5.C10H7ClN4O.C10H7ClN2O3.C10H9ClN2O.C6H3Cl2NO2.C6H6S2/c1-9-5-7-10(8-6-9)23-12-4-2-3-11-13(12)14-15(18)21-17(19)22-16(14)20-11;1-15(2,3)13(22)21-14-19-11(17)10-9-7(16)5-4-6-8(9)18-12(10)20-14;1-15(2,3)13(22)20-14-18-11-10(12(21)19-14)9-7(16)5-4-6-8(9)17-11;11-4-2-1-3-5-6(4)7-8(12)15-10(13)16-9(7)14-5;11-4-2-1-3-5-6(4)7-8(13-5)14-10(12)15-9(7)16;1-6(14)7(5-12)10-8(11)3-2-4-9(10)13(15)16;1-5(14)8-9-6(11)3-2-4-7(9)13-10(8)12;7-4-2-1-3-5(6(4)8)9(10)11;7-5-1-2-6(8)4-3-5/h2-8H,1H3,(H5,18,19,20,21,22);4-6H,1-3H3,(H2,18,19,20,21,22);4-6H,1-3H3,(H3,17,18,19,20,21,22);1-3H,(H5,12,13,14,15,16);1-3H,(H4,12,13,14,15,16);2-4,7H,1H3;2-4,13H,12H2,1H3;1-3H;1-4,7-8H. The molecule has 21 aromatic rings. The number of aromatic nitrogens is 16. The van der Waals surface area contributed by atoms with Crippen LogP contribution in [0.2, 0.25) is 45.3 Å². The Balaban J connectivity index is 0.000000141. The van der Waals surface area contributed by atoms with E-state index in [0.29, 0.717) is 109 Å². The first-order chi connectivity index (χ1) is 70.0. The van der Waals surface area contributed by atoms with Crippen molar-refractivity contribution in [3.63, 3.8) is 0 Å². The number of hydrogen-bond acceptors (Lipinski definition) is 28. The second-order valence-electron chi connectivity index (χ2n) is 34.1. The number of nitriles is 1. The number of nitrogen functional groups attached to an aromatic ring is 6. The second kappa shape index (κ2) is 46.7. The molecule has 21 rings (SSSR count). The van der Waals surface area contributed by atoms with Crippen LogP contribution in [0.3, 0.4) is 0 Å². The first-order valence-electron chi connectivity index (χ1n) is 43.5. The number of nitro groups is 2. The maximum atomic E-state index is 12.3. The Kier molecular flexibility index (Phi) is 34.7. The van der Waals surface area contributed by atoms with E-state index in [2.05, 4.69) is 153 Å². The number of anilines is 8. The van der Waals surface area contributed by atoms with Crippen LogP contribution in [-0.2, 0) is 14.4 Å². The summed E-state index contributed by atoms with van der Waals surface area (Å²) in [6, 6.07) is 59.3. The predicted octanol–water partition coefficient (Wildman–Crippen LogP) is 25.0. The largest absolute Gasteiger partial charge is 0.385 e. The van der Waals surface area contributed by atoms with E-state index in [1.165, 1.54) is 60.7 Å². The first-order valence-corrected chi connectivity index (χ1v) is 48.6. The molecule has 0 radical (unpaired) electrons. The van der Waals surface area contributed by atoms with Crippen molar-refractivity contribution in [2.24, 2.45) is 10.8 Å². The van der Waals surface area contributed by atoms with Crippen LogP contribution in [0.5, 0.6) is 0 Å². The number of amides is 2. The molecule has 1 atom stereocenters. The van der Waals surface area contributed by atoms with Crippen molar-refractivity contribution < 1.29 is 29.0 Å². The summed E-state index contributed by atoms with van der Waals surface area (Å²) in [4.78, 5) is 151. The number of carbonyl (C=O) groups excluding carboxylic acids is 4. The number of H-pyrrole nitrogens is 8. The zero-order valence-electron chi connectivity index (χ0n) is 78.7. The van der Waals surface area contributed by atoms with Gasteiger partial charge in [-0.1, -0.05) is 224 Å². The van der Waals surface area contributed by atoms with Gasteiger partial charge in [0, 0.05) is 108 Å². The third-order valence-electron chi connectivity index (χ3n) is 21.5. The van der Waals surface area contributed by atoms with Crippen molar-refractivity contribution in [3.8, 4) is 6.07 Å². The van der Waals surface area contributed by atoms with Crippen LogP contribution in [0.4, 0.5) is 58.6 Å². The summed E-state index contributed by atoms with van der Waals surface area (Å²) in [6.07, 6.45) is 0. The SMILES string of the molecule is CC(=O)C(C#N)c1c(Cl)cccc1[N+](=O)[O-].CC(=O)c1c(N)[nH]c2cccc(Cl)c12.CC(C)(C)C(=O)Nc1nc(Cl)c2c(n1)[nH]c1cccc(Cl)c12.CC(C)(C)C(=O)Nc1nc2[nH]c3cccc(Cl)c3c2c(=O)[nH]1.Cc1ccc(Sc2cccc3[nH]c4nc(N)nc(N)c4c23)cc1.Nc1nc(N)c2c(n1)[nH]c1cccc(Cl)c12.Nc1nc2[nH]c3cccc(Cl)c3c2c(=O)[nH]1.O=[N+]([O-])c1cccc(Cl)c1Cl.Sc1ccc(S)cc1. The molecule has 0 saturated heterocycles. The molecule has 10 aromatic carbocycles. The Labute approximate surface area is 897 Å². The van der Waals surface area contributed by atoms with E-state index in [-0.39, 0.29) is 95.6 Å². The van der Waals surface area contributed by atoms with Crippen LogP contribution < -0.4 is 56.2 Å². The quantitative estimate of drug-likeness (QED) is 0.0210. The van der Waals surface area contributed by atoms with Crippen molar-refractivity contribution in [1.29, 1.82) is 5.26 Å². The van der Waals surface area contributed by atoms with Crippen molar-refractivity contribution in [2.45, 2.75) is 87.8 Å². The number of aromatic amines is 8. The summed E-state index contributed by atoms with van der Waals surface area (Å²) in [5.41, 5.74) is 41.3. The smallest absolute Gasteiger partial charge is 0.289 e. The molecule has 0 aliphatic rings. The molecule has 756 valence electrons. The molecule has 11 heterocycles. The highest BCUT2D eigenvalue weighted by Gasteiger charge is 2.30. The number of aryl methyl sites for hydroxylation is 1. The Bertz CT molecular complexity index is 8950. The zero-order chi connectivity index (χ0) is 108. The number of thiol groups is 2. The van der Waals surface area contributed by atoms with Crippen molar-refractivity contribution in [2.75, 3.05) is 45.0 Å². The monoisotopic (exact) mass is 2220 g/mol. The van der Waals surface area contributed by atoms with E-state index in [9.17, 15) is 49.0 Å². The lowest BCUT2D eigenvalue weighted by Gasteiger charge is -2.16. The summed E-state index contributed by atoms with van der Waals surface area (Å²) in [5.74, 6) is -0.378. The molecule has 0 aliphatic heterocycles. The van der Waals surface area contributed by atoms with E-state index in [0.717, 1.165) is 74.7 Å². The van der Waals surface area contributed by atoms with E-state index >= 15 is 0 Å². The summed E-state index contributed by atoms with van der Waals surface area (Å²) in [7, 11) is 0. The Morgan fingerprint density at radius 2 is 0.797 bits per heavy atom. The van der Waals surface area contributed by atoms with Gasteiger partial charge < -0.3 is 64.3 Å². The summed E-state index contributed by atoms with van der Waals surface area (Å²) in [5, 5.41) is 46.0. The molecule has 1 unspecified atom stereocenters. The topological polar surface area (TPSA) is 622 Å². The number of nitro benzene ring substituents is 2. The number of hydrogen-bond donors (Lipinski definition) is 18. The minimum absolute atomic E-state index is 0.0147. The minimum atomic E-state index is -1.20. The van der Waals surface area contributed by atoms with Gasteiger partial charge in [0.05, 0.1) is 89.1 Å². The Morgan fingerprint density at radius 3 is 1.24 bits per heavy atom. The molecule has 0 spiro atoms. The highest BCUT2D eigenvalue weighted by atomic mass is 35.5. The number of Topliss-reactive ketones (excluding diaryl/α,β-unsaturated/α-hetero) is 2. The number of carbonyl (C=O) groups is 4. The molecule has 11 aromatic heterocycles. The van der Waals surface area contributed by atoms with Gasteiger partial charge in [-0.2, -0.15) is 45.1 Å². The van der Waals surface area contributed by atoms with Gasteiger partial charge in [-0.25, -0.2) is 0 Å². The third kappa shape index (κ3) is 25.3. The lowest BCUT2D eigenvalue weighted by Crippen LogP contribution is -2.29. The molecular formula is C99H84Cl9N27O10S3. The number of nitrogens with zero attached hydrogens (tertiary/aromatic N) is 11. The number of ketones is 2. The van der Waals surface area contributed by atoms with Crippen LogP contribution in [0.25, 0.3) is 121 Å². The molecule has 49 heteroatoms. The van der Waals surface area contributed by atoms with Crippen LogP contribution >= 0.6 is 141 Å². The van der Waals surface area contributed by atoms with Crippen LogP contribution in [-0.4, -0.2) is 113 Å². The highest BCUT2D eigenvalue weighted by Crippen LogP contribution is 2.43. The number of rotatable bonds is 9. The van der Waals surface area contributed by atoms with Crippen LogP contribution in [0.15, 0.2) is 223 Å². The summed E-state index contributed by atoms with van der Waals surface area (Å²) in [6.45, 7) is 15.5. The Morgan fingerprint density at radius 1 is 0.419 bits per heavy atom. The normalized spacial score (nSPS) is 11.3. The van der Waals surface area contributed by atoms with Gasteiger partial charge in [0.15, 0.2) is 11.6 Å².